The molecule has 10 nitrogen and oxygen atoms in total. The predicted octanol–water partition coefficient (Wildman–Crippen LogP) is 5.10. The van der Waals surface area contributed by atoms with Crippen molar-refractivity contribution in [1.29, 1.82) is 0 Å². The molecule has 0 aliphatic carbocycles. The average molecular weight is 569 g/mol. The summed E-state index contributed by atoms with van der Waals surface area (Å²) in [5.74, 6) is -2.05. The van der Waals surface area contributed by atoms with Crippen molar-refractivity contribution in [1.82, 2.24) is 15.6 Å². The number of rotatable bonds is 12. The van der Waals surface area contributed by atoms with E-state index in [4.69, 9.17) is 9.84 Å². The number of carbonyl (C=O) groups is 4. The van der Waals surface area contributed by atoms with Crippen molar-refractivity contribution < 1.29 is 29.0 Å². The maximum Gasteiger partial charge on any atom is 0.407 e. The number of anilines is 1. The molecule has 4 rings (SSSR count). The number of carboxylic acid groups (broad SMARTS) is 1. The third-order valence-electron chi connectivity index (χ3n) is 6.50. The van der Waals surface area contributed by atoms with Crippen molar-refractivity contribution in [2.24, 2.45) is 0 Å². The Balaban J connectivity index is 1.42. The smallest absolute Gasteiger partial charge is 0.407 e. The Bertz CT molecular complexity index is 1560. The molecule has 1 aromatic heterocycles. The molecule has 42 heavy (non-hydrogen) atoms. The van der Waals surface area contributed by atoms with Gasteiger partial charge in [-0.15, -0.1) is 0 Å². The van der Waals surface area contributed by atoms with Gasteiger partial charge in [0, 0.05) is 34.8 Å². The van der Waals surface area contributed by atoms with Gasteiger partial charge in [0.2, 0.25) is 5.91 Å². The monoisotopic (exact) mass is 568 g/mol. The van der Waals surface area contributed by atoms with Gasteiger partial charge < -0.3 is 30.8 Å². The van der Waals surface area contributed by atoms with E-state index >= 15 is 0 Å². The Kier molecular flexibility index (Phi) is 10.1. The molecule has 0 saturated carbocycles. The summed E-state index contributed by atoms with van der Waals surface area (Å²) in [7, 11) is 0. The number of aliphatic carboxylic acids is 1. The van der Waals surface area contributed by atoms with E-state index in [9.17, 15) is 19.2 Å². The summed E-state index contributed by atoms with van der Waals surface area (Å²) in [6.07, 6.45) is 1.05. The lowest BCUT2D eigenvalue weighted by Crippen LogP contribution is -2.44. The molecule has 0 spiro atoms. The second-order valence-electron chi connectivity index (χ2n) is 9.63. The number of benzene rings is 3. The summed E-state index contributed by atoms with van der Waals surface area (Å²) in [4.78, 5) is 53.0. The summed E-state index contributed by atoms with van der Waals surface area (Å²) in [5, 5.41) is 18.3. The molecule has 0 unspecified atom stereocenters. The van der Waals surface area contributed by atoms with Gasteiger partial charge in [0.15, 0.2) is 0 Å². The Morgan fingerprint density at radius 1 is 0.952 bits per heavy atom. The minimum atomic E-state index is -1.10. The molecule has 1 heterocycles. The van der Waals surface area contributed by atoms with Crippen LogP contribution in [0, 0.1) is 0 Å². The number of hydrogen-bond acceptors (Lipinski definition) is 5. The van der Waals surface area contributed by atoms with Crippen LogP contribution in [-0.2, 0) is 20.9 Å². The lowest BCUT2D eigenvalue weighted by atomic mass is 10.0. The first-order chi connectivity index (χ1) is 20.3. The van der Waals surface area contributed by atoms with Crippen LogP contribution >= 0.6 is 0 Å². The summed E-state index contributed by atoms with van der Waals surface area (Å²) < 4.78 is 5.23. The standard InChI is InChI=1S/C32H32N4O6/c1-21(18-29(37)38)24-13-6-8-15-26(24)35-30(39)27(36-31(40)28-19-23-12-5-7-14-25(23)34-28)16-9-17-33-32(41)42-20-22-10-3-2-4-11-22/h2-8,10-15,18-19,27,34H,9,16-17,20H2,1H3,(H,33,41)(H,35,39)(H,36,40)(H,37,38)/t27-/m0/s1. The van der Waals surface area contributed by atoms with Crippen molar-refractivity contribution in [2.75, 3.05) is 11.9 Å². The lowest BCUT2D eigenvalue weighted by Gasteiger charge is -2.20. The summed E-state index contributed by atoms with van der Waals surface area (Å²) >= 11 is 0. The zero-order valence-corrected chi connectivity index (χ0v) is 23.1. The quantitative estimate of drug-likeness (QED) is 0.119. The largest absolute Gasteiger partial charge is 0.478 e. The molecule has 1 atom stereocenters. The summed E-state index contributed by atoms with van der Waals surface area (Å²) in [6.45, 7) is 1.99. The fraction of sp³-hybridized carbons (Fsp3) is 0.188. The van der Waals surface area contributed by atoms with Gasteiger partial charge in [0.05, 0.1) is 0 Å². The van der Waals surface area contributed by atoms with E-state index in [1.54, 1.807) is 37.3 Å². The van der Waals surface area contributed by atoms with Crippen LogP contribution in [0.3, 0.4) is 0 Å². The highest BCUT2D eigenvalue weighted by atomic mass is 16.5. The Morgan fingerprint density at radius 2 is 1.67 bits per heavy atom. The molecule has 5 N–H and O–H groups in total. The Hall–Kier alpha value is -5.38. The zero-order valence-electron chi connectivity index (χ0n) is 23.1. The number of amides is 3. The third kappa shape index (κ3) is 8.31. The van der Waals surface area contributed by atoms with E-state index in [0.717, 1.165) is 22.5 Å². The highest BCUT2D eigenvalue weighted by molar-refractivity contribution is 6.03. The molecule has 3 aromatic carbocycles. The number of H-pyrrole nitrogens is 1. The molecule has 3 amide bonds. The number of aromatic nitrogens is 1. The van der Waals surface area contributed by atoms with E-state index in [1.807, 2.05) is 54.6 Å². The van der Waals surface area contributed by atoms with Crippen LogP contribution in [-0.4, -0.2) is 46.6 Å². The van der Waals surface area contributed by atoms with Gasteiger partial charge in [-0.2, -0.15) is 0 Å². The number of ether oxygens (including phenoxy) is 1. The van der Waals surface area contributed by atoms with Crippen molar-refractivity contribution >= 4 is 46.0 Å². The van der Waals surface area contributed by atoms with Crippen molar-refractivity contribution in [3.05, 3.63) is 108 Å². The maximum absolute atomic E-state index is 13.5. The first-order valence-corrected chi connectivity index (χ1v) is 13.4. The van der Waals surface area contributed by atoms with Gasteiger partial charge >= 0.3 is 12.1 Å². The minimum Gasteiger partial charge on any atom is -0.478 e. The van der Waals surface area contributed by atoms with E-state index in [0.29, 0.717) is 28.9 Å². The van der Waals surface area contributed by atoms with E-state index in [1.165, 1.54) is 0 Å². The number of hydrogen-bond donors (Lipinski definition) is 5. The van der Waals surface area contributed by atoms with Crippen LogP contribution in [0.5, 0.6) is 0 Å². The van der Waals surface area contributed by atoms with Crippen LogP contribution < -0.4 is 16.0 Å². The number of carbonyl (C=O) groups excluding carboxylic acids is 3. The van der Waals surface area contributed by atoms with Gasteiger partial charge in [-0.25, -0.2) is 9.59 Å². The normalized spacial score (nSPS) is 11.9. The molecule has 10 heteroatoms. The fourth-order valence-electron chi connectivity index (χ4n) is 4.39. The number of aromatic amines is 1. The van der Waals surface area contributed by atoms with Gasteiger partial charge in [0.25, 0.3) is 5.91 Å². The highest BCUT2D eigenvalue weighted by Crippen LogP contribution is 2.24. The number of para-hydroxylation sites is 2. The van der Waals surface area contributed by atoms with E-state index in [2.05, 4.69) is 20.9 Å². The molecule has 216 valence electrons. The van der Waals surface area contributed by atoms with Crippen LogP contribution in [0.1, 0.15) is 41.4 Å². The van der Waals surface area contributed by atoms with Gasteiger partial charge in [0.1, 0.15) is 18.3 Å². The fourth-order valence-corrected chi connectivity index (χ4v) is 4.39. The lowest BCUT2D eigenvalue weighted by molar-refractivity contribution is -0.131. The molecule has 0 radical (unpaired) electrons. The molecule has 0 bridgehead atoms. The van der Waals surface area contributed by atoms with Crippen LogP contribution in [0.15, 0.2) is 91.0 Å². The second-order valence-corrected chi connectivity index (χ2v) is 9.63. The first-order valence-electron chi connectivity index (χ1n) is 13.4. The molecule has 0 saturated heterocycles. The number of fused-ring (bicyclic) bond motifs is 1. The number of nitrogens with one attached hydrogen (secondary N) is 4. The van der Waals surface area contributed by atoms with Crippen LogP contribution in [0.2, 0.25) is 0 Å². The van der Waals surface area contributed by atoms with Gasteiger partial charge in [-0.3, -0.25) is 9.59 Å². The Morgan fingerprint density at radius 3 is 2.43 bits per heavy atom. The predicted molar refractivity (Wildman–Crippen MR) is 160 cm³/mol. The zero-order chi connectivity index (χ0) is 29.9. The maximum atomic E-state index is 13.5. The van der Waals surface area contributed by atoms with Crippen molar-refractivity contribution in [2.45, 2.75) is 32.4 Å². The first kappa shape index (κ1) is 29.6. The SMILES string of the molecule is CC(=CC(=O)O)c1ccccc1NC(=O)[C@H](CCCNC(=O)OCc1ccccc1)NC(=O)c1cc2ccccc2[nH]1. The number of alkyl carbamates (subject to hydrolysis) is 1. The summed E-state index contributed by atoms with van der Waals surface area (Å²) in [6, 6.07) is 24.3. The van der Waals surface area contributed by atoms with Crippen LogP contribution in [0.25, 0.3) is 16.5 Å². The molecule has 0 aliphatic rings. The van der Waals surface area contributed by atoms with Crippen molar-refractivity contribution in [3.63, 3.8) is 0 Å². The third-order valence-corrected chi connectivity index (χ3v) is 6.50. The molecule has 0 aliphatic heterocycles. The van der Waals surface area contributed by atoms with Gasteiger partial charge in [-0.1, -0.05) is 66.7 Å². The average Bonchev–Trinajstić information content (AvgIpc) is 3.43. The minimum absolute atomic E-state index is 0.132. The summed E-state index contributed by atoms with van der Waals surface area (Å²) in [5.41, 5.74) is 3.35. The van der Waals surface area contributed by atoms with E-state index < -0.39 is 29.9 Å². The molecule has 4 aromatic rings. The van der Waals surface area contributed by atoms with Crippen molar-refractivity contribution in [3.8, 4) is 0 Å². The molecular weight excluding hydrogens is 536 g/mol. The Labute approximate surface area is 242 Å². The number of allylic oxidation sites excluding steroid dienone is 1. The molecule has 0 fully saturated rings. The van der Waals surface area contributed by atoms with Gasteiger partial charge in [-0.05, 0) is 49.1 Å². The highest BCUT2D eigenvalue weighted by Gasteiger charge is 2.23. The van der Waals surface area contributed by atoms with E-state index in [-0.39, 0.29) is 19.6 Å². The second kappa shape index (κ2) is 14.3. The number of carboxylic acids is 1. The molecular formula is C32H32N4O6. The topological polar surface area (TPSA) is 150 Å². The van der Waals surface area contributed by atoms with Crippen LogP contribution in [0.4, 0.5) is 10.5 Å².